The second kappa shape index (κ2) is 12.0. The predicted octanol–water partition coefficient (Wildman–Crippen LogP) is 6.54. The molecule has 1 heterocycles. The number of carbonyl (C=O) groups excluding carboxylic acids is 1. The van der Waals surface area contributed by atoms with Gasteiger partial charge < -0.3 is 29.6 Å². The third kappa shape index (κ3) is 5.52. The number of nitrogens with zero attached hydrogens (tertiary/aromatic N) is 1. The summed E-state index contributed by atoms with van der Waals surface area (Å²) in [7, 11) is 6.33. The van der Waals surface area contributed by atoms with Crippen LogP contribution in [0, 0.1) is 0 Å². The summed E-state index contributed by atoms with van der Waals surface area (Å²) in [5.41, 5.74) is 6.52. The van der Waals surface area contributed by atoms with Crippen molar-refractivity contribution >= 4 is 39.9 Å². The number of fused-ring (bicyclic) bond motifs is 2. The van der Waals surface area contributed by atoms with E-state index < -0.39 is 0 Å². The van der Waals surface area contributed by atoms with Crippen molar-refractivity contribution in [3.05, 3.63) is 77.5 Å². The molecule has 1 aliphatic rings. The first-order valence-electron chi connectivity index (χ1n) is 13.2. The average molecular weight is 540 g/mol. The van der Waals surface area contributed by atoms with Gasteiger partial charge in [-0.25, -0.2) is 0 Å². The fourth-order valence-electron chi connectivity index (χ4n) is 5.08. The molecule has 0 saturated carbocycles. The Labute approximate surface area is 233 Å². The maximum atomic E-state index is 12.9. The first-order chi connectivity index (χ1) is 19.5. The summed E-state index contributed by atoms with van der Waals surface area (Å²) in [5, 5.41) is 7.55. The van der Waals surface area contributed by atoms with Crippen LogP contribution in [0.15, 0.2) is 60.7 Å². The van der Waals surface area contributed by atoms with E-state index in [0.29, 0.717) is 22.9 Å². The molecule has 0 spiro atoms. The topological polar surface area (TPSA) is 90.9 Å². The van der Waals surface area contributed by atoms with Gasteiger partial charge >= 0.3 is 0 Å². The number of anilines is 3. The number of amides is 1. The fraction of sp³-hybridized carbons (Fsp3) is 0.250. The number of carbonyl (C=O) groups is 1. The largest absolute Gasteiger partial charge is 0.495 e. The molecule has 0 fully saturated rings. The van der Waals surface area contributed by atoms with Crippen molar-refractivity contribution in [1.29, 1.82) is 0 Å². The number of benzene rings is 3. The number of nitrogens with one attached hydrogen (secondary N) is 2. The number of hydrogen-bond acceptors (Lipinski definition) is 7. The zero-order valence-corrected chi connectivity index (χ0v) is 23.2. The molecule has 4 aromatic rings. The van der Waals surface area contributed by atoms with Crippen molar-refractivity contribution in [2.75, 3.05) is 39.1 Å². The molecule has 0 saturated heterocycles. The van der Waals surface area contributed by atoms with E-state index >= 15 is 0 Å². The third-order valence-corrected chi connectivity index (χ3v) is 7.01. The van der Waals surface area contributed by atoms with E-state index in [1.165, 1.54) is 11.6 Å². The van der Waals surface area contributed by atoms with Crippen molar-refractivity contribution in [1.82, 2.24) is 4.98 Å². The first-order valence-corrected chi connectivity index (χ1v) is 13.2. The number of aryl methyl sites for hydroxylation is 1. The molecule has 2 N–H and O–H groups in total. The molecular formula is C32H33N3O5. The summed E-state index contributed by atoms with van der Waals surface area (Å²) in [6.07, 6.45) is 7.33. The predicted molar refractivity (Wildman–Crippen MR) is 158 cm³/mol. The van der Waals surface area contributed by atoms with E-state index in [9.17, 15) is 4.79 Å². The Balaban J connectivity index is 1.45. The number of ether oxygens (including phenoxy) is 4. The van der Waals surface area contributed by atoms with E-state index in [1.54, 1.807) is 46.6 Å². The van der Waals surface area contributed by atoms with Crippen LogP contribution in [-0.4, -0.2) is 39.3 Å². The molecule has 5 rings (SSSR count). The van der Waals surface area contributed by atoms with Crippen LogP contribution in [0.25, 0.3) is 17.0 Å². The number of rotatable bonds is 9. The first kappa shape index (κ1) is 26.9. The van der Waals surface area contributed by atoms with Gasteiger partial charge in [-0.05, 0) is 85.4 Å². The van der Waals surface area contributed by atoms with Crippen LogP contribution < -0.4 is 29.6 Å². The van der Waals surface area contributed by atoms with Gasteiger partial charge in [0.05, 0.1) is 45.3 Å². The zero-order valence-electron chi connectivity index (χ0n) is 23.2. The van der Waals surface area contributed by atoms with Crippen molar-refractivity contribution in [2.45, 2.75) is 25.7 Å². The molecule has 1 amide bonds. The lowest BCUT2D eigenvalue weighted by Gasteiger charge is -2.22. The van der Waals surface area contributed by atoms with Crippen LogP contribution in [0.2, 0.25) is 0 Å². The Hall–Kier alpha value is -4.72. The number of hydrogen-bond donors (Lipinski definition) is 2. The third-order valence-electron chi connectivity index (χ3n) is 7.01. The lowest BCUT2D eigenvalue weighted by molar-refractivity contribution is -0.111. The zero-order chi connectivity index (χ0) is 28.1. The quantitative estimate of drug-likeness (QED) is 0.233. The van der Waals surface area contributed by atoms with Crippen molar-refractivity contribution in [2.24, 2.45) is 0 Å². The van der Waals surface area contributed by atoms with Gasteiger partial charge in [0.1, 0.15) is 5.75 Å². The molecule has 8 nitrogen and oxygen atoms in total. The minimum atomic E-state index is -0.266. The summed E-state index contributed by atoms with van der Waals surface area (Å²) in [6.45, 7) is 0. The van der Waals surface area contributed by atoms with Gasteiger partial charge in [0.25, 0.3) is 0 Å². The molecule has 0 radical (unpaired) electrons. The van der Waals surface area contributed by atoms with Crippen LogP contribution in [0.5, 0.6) is 23.0 Å². The van der Waals surface area contributed by atoms with E-state index in [1.807, 2.05) is 42.5 Å². The molecule has 0 bridgehead atoms. The summed E-state index contributed by atoms with van der Waals surface area (Å²) in [6, 6.07) is 17.2. The molecule has 0 unspecified atom stereocenters. The molecule has 206 valence electrons. The lowest BCUT2D eigenvalue weighted by atomic mass is 9.92. The second-order valence-corrected chi connectivity index (χ2v) is 9.46. The van der Waals surface area contributed by atoms with Crippen molar-refractivity contribution < 1.29 is 23.7 Å². The van der Waals surface area contributed by atoms with E-state index in [-0.39, 0.29) is 5.91 Å². The Kier molecular flexibility index (Phi) is 8.05. The summed E-state index contributed by atoms with van der Waals surface area (Å²) in [4.78, 5) is 17.9. The van der Waals surface area contributed by atoms with Gasteiger partial charge in [-0.3, -0.25) is 9.78 Å². The highest BCUT2D eigenvalue weighted by molar-refractivity contribution is 6.04. The maximum Gasteiger partial charge on any atom is 0.248 e. The van der Waals surface area contributed by atoms with Gasteiger partial charge in [-0.15, -0.1) is 0 Å². The van der Waals surface area contributed by atoms with Crippen LogP contribution in [0.4, 0.5) is 17.1 Å². The molecular weight excluding hydrogens is 506 g/mol. The molecule has 40 heavy (non-hydrogen) atoms. The lowest BCUT2D eigenvalue weighted by Crippen LogP contribution is -2.11. The number of methoxy groups -OCH3 is 4. The Morgan fingerprint density at radius 3 is 2.30 bits per heavy atom. The smallest absolute Gasteiger partial charge is 0.248 e. The van der Waals surface area contributed by atoms with Crippen LogP contribution in [-0.2, 0) is 17.6 Å². The maximum absolute atomic E-state index is 12.9. The monoisotopic (exact) mass is 539 g/mol. The highest BCUT2D eigenvalue weighted by Gasteiger charge is 2.20. The Morgan fingerprint density at radius 2 is 1.57 bits per heavy atom. The molecule has 1 aromatic heterocycles. The highest BCUT2D eigenvalue weighted by Crippen LogP contribution is 2.39. The number of pyridine rings is 1. The van der Waals surface area contributed by atoms with Gasteiger partial charge in [-0.1, -0.05) is 12.1 Å². The number of aromatic nitrogens is 1. The summed E-state index contributed by atoms with van der Waals surface area (Å²) >= 11 is 0. The van der Waals surface area contributed by atoms with Gasteiger partial charge in [0.15, 0.2) is 11.5 Å². The van der Waals surface area contributed by atoms with E-state index in [0.717, 1.165) is 65.0 Å². The van der Waals surface area contributed by atoms with Crippen LogP contribution >= 0.6 is 0 Å². The van der Waals surface area contributed by atoms with E-state index in [4.69, 9.17) is 23.9 Å². The van der Waals surface area contributed by atoms with Crippen molar-refractivity contribution in [3.8, 4) is 23.0 Å². The second-order valence-electron chi connectivity index (χ2n) is 9.46. The van der Waals surface area contributed by atoms with E-state index in [2.05, 4.69) is 10.6 Å². The summed E-state index contributed by atoms with van der Waals surface area (Å²) in [5.74, 6) is 2.03. The van der Waals surface area contributed by atoms with Gasteiger partial charge in [0, 0.05) is 22.8 Å². The molecule has 3 aromatic carbocycles. The van der Waals surface area contributed by atoms with Gasteiger partial charge in [0.2, 0.25) is 11.7 Å². The molecule has 0 aliphatic heterocycles. The highest BCUT2D eigenvalue weighted by atomic mass is 16.5. The standard InChI is InChI=1S/C32H33N3O5/c1-37-27-12-8-7-11-26(27)35-31-22-9-5-6-10-24(22)34-25-15-14-21(19-23(25)31)33-30(36)16-13-20-17-28(38-2)32(40-4)29(18-20)39-3/h7-8,11-19H,5-6,9-10H2,1-4H3,(H,33,36)(H,34,35)/b16-13+. The molecule has 8 heteroatoms. The average Bonchev–Trinajstić information content (AvgIpc) is 2.99. The normalized spacial score (nSPS) is 12.6. The minimum absolute atomic E-state index is 0.266. The molecule has 0 atom stereocenters. The van der Waals surface area contributed by atoms with Gasteiger partial charge in [-0.2, -0.15) is 0 Å². The molecule has 1 aliphatic carbocycles. The fourth-order valence-corrected chi connectivity index (χ4v) is 5.08. The van der Waals surface area contributed by atoms with Crippen molar-refractivity contribution in [3.63, 3.8) is 0 Å². The summed E-state index contributed by atoms with van der Waals surface area (Å²) < 4.78 is 21.8. The minimum Gasteiger partial charge on any atom is -0.495 e. The Morgan fingerprint density at radius 1 is 0.850 bits per heavy atom. The number of para-hydroxylation sites is 2. The SMILES string of the molecule is COc1ccccc1Nc1c2c(nc3ccc(NC(=O)/C=C/c4cc(OC)c(OC)c(OC)c4)cc13)CCCC2. The van der Waals surface area contributed by atoms with Crippen LogP contribution in [0.1, 0.15) is 29.7 Å². The van der Waals surface area contributed by atoms with Crippen LogP contribution in [0.3, 0.4) is 0 Å². The Bertz CT molecular complexity index is 1560.